The van der Waals surface area contributed by atoms with Gasteiger partial charge in [-0.1, -0.05) is 80.0 Å². The topological polar surface area (TPSA) is 0 Å². The molecule has 0 unspecified atom stereocenters. The van der Waals surface area contributed by atoms with Crippen LogP contribution in [-0.4, -0.2) is 0 Å². The molecule has 0 aromatic heterocycles. The van der Waals surface area contributed by atoms with Gasteiger partial charge in [0, 0.05) is 11.3 Å². The molecule has 0 atom stereocenters. The quantitative estimate of drug-likeness (QED) is 0.619. The SMILES string of the molecule is C=CC1(C2CCCCC2)C=CC(c2ccccc2)C=C1. The smallest absolute Gasteiger partial charge is 0.0268 e. The highest BCUT2D eigenvalue weighted by Gasteiger charge is 2.33. The van der Waals surface area contributed by atoms with Gasteiger partial charge in [-0.15, -0.1) is 6.58 Å². The van der Waals surface area contributed by atoms with E-state index in [2.05, 4.69) is 67.3 Å². The Balaban J connectivity index is 1.80. The lowest BCUT2D eigenvalue weighted by Crippen LogP contribution is -2.28. The second kappa shape index (κ2) is 5.83. The van der Waals surface area contributed by atoms with Crippen LogP contribution in [0, 0.1) is 11.3 Å². The molecule has 0 heterocycles. The summed E-state index contributed by atoms with van der Waals surface area (Å²) in [4.78, 5) is 0. The first-order valence-corrected chi connectivity index (χ1v) is 7.91. The summed E-state index contributed by atoms with van der Waals surface area (Å²) < 4.78 is 0. The Bertz CT molecular complexity index is 486. The zero-order valence-electron chi connectivity index (χ0n) is 12.2. The fraction of sp³-hybridized carbons (Fsp3) is 0.400. The molecule has 0 aliphatic heterocycles. The standard InChI is InChI=1S/C20H24/c1-2-20(19-11-7-4-8-12-19)15-13-18(14-16-20)17-9-5-3-6-10-17/h2-3,5-6,9-10,13-16,18-19H,1,4,7-8,11-12H2. The molecule has 0 heteroatoms. The Hall–Kier alpha value is -1.56. The van der Waals surface area contributed by atoms with Crippen LogP contribution in [0.25, 0.3) is 0 Å². The van der Waals surface area contributed by atoms with Crippen LogP contribution in [0.3, 0.4) is 0 Å². The van der Waals surface area contributed by atoms with Gasteiger partial charge in [0.2, 0.25) is 0 Å². The molecular formula is C20H24. The van der Waals surface area contributed by atoms with Crippen molar-refractivity contribution in [3.63, 3.8) is 0 Å². The van der Waals surface area contributed by atoms with E-state index in [4.69, 9.17) is 0 Å². The van der Waals surface area contributed by atoms with Crippen molar-refractivity contribution in [2.75, 3.05) is 0 Å². The van der Waals surface area contributed by atoms with E-state index in [1.165, 1.54) is 37.7 Å². The first-order valence-electron chi connectivity index (χ1n) is 7.91. The number of rotatable bonds is 3. The van der Waals surface area contributed by atoms with Crippen LogP contribution in [0.4, 0.5) is 0 Å². The minimum atomic E-state index is 0.103. The average molecular weight is 264 g/mol. The number of hydrogen-bond donors (Lipinski definition) is 0. The molecule has 1 fully saturated rings. The van der Waals surface area contributed by atoms with Crippen LogP contribution in [-0.2, 0) is 0 Å². The zero-order chi connectivity index (χ0) is 13.8. The summed E-state index contributed by atoms with van der Waals surface area (Å²) in [6.45, 7) is 4.13. The Labute approximate surface area is 122 Å². The third-order valence-corrected chi connectivity index (χ3v) is 5.03. The Morgan fingerprint density at radius 2 is 1.60 bits per heavy atom. The van der Waals surface area contributed by atoms with Crippen LogP contribution in [0.1, 0.15) is 43.6 Å². The summed E-state index contributed by atoms with van der Waals surface area (Å²) in [6.07, 6.45) is 18.6. The first-order chi connectivity index (χ1) is 9.84. The minimum absolute atomic E-state index is 0.103. The van der Waals surface area contributed by atoms with Crippen molar-refractivity contribution in [2.24, 2.45) is 11.3 Å². The molecule has 0 spiro atoms. The van der Waals surface area contributed by atoms with Crippen molar-refractivity contribution >= 4 is 0 Å². The minimum Gasteiger partial charge on any atom is -0.102 e. The third kappa shape index (κ3) is 2.52. The van der Waals surface area contributed by atoms with Crippen LogP contribution in [0.2, 0.25) is 0 Å². The molecule has 1 aromatic carbocycles. The van der Waals surface area contributed by atoms with E-state index in [0.717, 1.165) is 5.92 Å². The van der Waals surface area contributed by atoms with Gasteiger partial charge >= 0.3 is 0 Å². The van der Waals surface area contributed by atoms with E-state index in [9.17, 15) is 0 Å². The normalized spacial score (nSPS) is 30.3. The van der Waals surface area contributed by atoms with Crippen molar-refractivity contribution < 1.29 is 0 Å². The molecule has 1 saturated carbocycles. The summed E-state index contributed by atoms with van der Waals surface area (Å²) in [7, 11) is 0. The lowest BCUT2D eigenvalue weighted by atomic mass is 9.66. The highest BCUT2D eigenvalue weighted by atomic mass is 14.4. The first kappa shape index (κ1) is 13.4. The van der Waals surface area contributed by atoms with Gasteiger partial charge in [0.1, 0.15) is 0 Å². The van der Waals surface area contributed by atoms with Crippen LogP contribution in [0.5, 0.6) is 0 Å². The van der Waals surface area contributed by atoms with Gasteiger partial charge in [0.05, 0.1) is 0 Å². The van der Waals surface area contributed by atoms with Crippen molar-refractivity contribution in [2.45, 2.75) is 38.0 Å². The van der Waals surface area contributed by atoms with Crippen LogP contribution >= 0.6 is 0 Å². The number of hydrogen-bond acceptors (Lipinski definition) is 0. The fourth-order valence-corrected chi connectivity index (χ4v) is 3.74. The van der Waals surface area contributed by atoms with Crippen molar-refractivity contribution in [1.82, 2.24) is 0 Å². The maximum Gasteiger partial charge on any atom is 0.0268 e. The van der Waals surface area contributed by atoms with E-state index >= 15 is 0 Å². The Morgan fingerprint density at radius 3 is 2.20 bits per heavy atom. The zero-order valence-corrected chi connectivity index (χ0v) is 12.2. The number of allylic oxidation sites excluding steroid dienone is 5. The molecule has 0 saturated heterocycles. The molecule has 104 valence electrons. The summed E-state index contributed by atoms with van der Waals surface area (Å²) in [5.74, 6) is 1.17. The van der Waals surface area contributed by atoms with Crippen molar-refractivity contribution in [1.29, 1.82) is 0 Å². The third-order valence-electron chi connectivity index (χ3n) is 5.03. The van der Waals surface area contributed by atoms with Crippen molar-refractivity contribution in [3.8, 4) is 0 Å². The molecule has 2 aliphatic rings. The van der Waals surface area contributed by atoms with Crippen LogP contribution in [0.15, 0.2) is 67.3 Å². The molecule has 0 N–H and O–H groups in total. The highest BCUT2D eigenvalue weighted by Crippen LogP contribution is 2.45. The Morgan fingerprint density at radius 1 is 0.950 bits per heavy atom. The molecular weight excluding hydrogens is 240 g/mol. The molecule has 3 rings (SSSR count). The van der Waals surface area contributed by atoms with Gasteiger partial charge in [0.15, 0.2) is 0 Å². The Kier molecular flexibility index (Phi) is 3.91. The van der Waals surface area contributed by atoms with Gasteiger partial charge in [-0.05, 0) is 24.3 Å². The summed E-state index contributed by atoms with van der Waals surface area (Å²) in [5, 5.41) is 0. The van der Waals surface area contributed by atoms with E-state index in [0.29, 0.717) is 5.92 Å². The molecule has 0 bridgehead atoms. The van der Waals surface area contributed by atoms with E-state index < -0.39 is 0 Å². The fourth-order valence-electron chi connectivity index (χ4n) is 3.74. The lowest BCUT2D eigenvalue weighted by Gasteiger charge is -2.38. The second-order valence-electron chi connectivity index (χ2n) is 6.19. The van der Waals surface area contributed by atoms with Gasteiger partial charge in [-0.2, -0.15) is 0 Å². The van der Waals surface area contributed by atoms with E-state index in [1.807, 2.05) is 0 Å². The summed E-state index contributed by atoms with van der Waals surface area (Å²) >= 11 is 0. The van der Waals surface area contributed by atoms with Crippen molar-refractivity contribution in [3.05, 3.63) is 72.9 Å². The van der Waals surface area contributed by atoms with Gasteiger partial charge < -0.3 is 0 Å². The second-order valence-corrected chi connectivity index (χ2v) is 6.19. The van der Waals surface area contributed by atoms with Crippen LogP contribution < -0.4 is 0 Å². The molecule has 1 aromatic rings. The van der Waals surface area contributed by atoms with E-state index in [1.54, 1.807) is 0 Å². The predicted octanol–water partition coefficient (Wildman–Crippen LogP) is 5.65. The maximum absolute atomic E-state index is 4.13. The lowest BCUT2D eigenvalue weighted by molar-refractivity contribution is 0.262. The molecule has 0 amide bonds. The molecule has 20 heavy (non-hydrogen) atoms. The molecule has 2 aliphatic carbocycles. The monoisotopic (exact) mass is 264 g/mol. The summed E-state index contributed by atoms with van der Waals surface area (Å²) in [6, 6.07) is 10.7. The largest absolute Gasteiger partial charge is 0.102 e. The number of benzene rings is 1. The maximum atomic E-state index is 4.13. The van der Waals surface area contributed by atoms with E-state index in [-0.39, 0.29) is 5.41 Å². The predicted molar refractivity (Wildman–Crippen MR) is 86.7 cm³/mol. The van der Waals surface area contributed by atoms with Gasteiger partial charge in [0.25, 0.3) is 0 Å². The van der Waals surface area contributed by atoms with Gasteiger partial charge in [-0.3, -0.25) is 0 Å². The molecule has 0 radical (unpaired) electrons. The average Bonchev–Trinajstić information content (AvgIpc) is 2.56. The van der Waals surface area contributed by atoms with Gasteiger partial charge in [-0.25, -0.2) is 0 Å². The molecule has 0 nitrogen and oxygen atoms in total. The summed E-state index contributed by atoms with van der Waals surface area (Å²) in [5.41, 5.74) is 1.48. The highest BCUT2D eigenvalue weighted by molar-refractivity contribution is 5.36.